The lowest BCUT2D eigenvalue weighted by molar-refractivity contribution is 0.0673. The molecule has 7 heteroatoms. The minimum absolute atomic E-state index is 0.0941. The van der Waals surface area contributed by atoms with Gasteiger partial charge >= 0.3 is 0 Å². The van der Waals surface area contributed by atoms with Crippen LogP contribution in [0.25, 0.3) is 0 Å². The van der Waals surface area contributed by atoms with Crippen molar-refractivity contribution in [3.8, 4) is 0 Å². The van der Waals surface area contributed by atoms with Gasteiger partial charge in [0.15, 0.2) is 5.76 Å². The van der Waals surface area contributed by atoms with E-state index >= 15 is 0 Å². The van der Waals surface area contributed by atoms with Crippen molar-refractivity contribution in [1.29, 1.82) is 0 Å². The SMILES string of the molecule is O=C(c1ccco1)N1CCC[C@H](c2ccnc(Nc3ccc(F)cc3)n2)C1. The molecular formula is C20H19FN4O2. The predicted molar refractivity (Wildman–Crippen MR) is 98.3 cm³/mol. The van der Waals surface area contributed by atoms with Crippen molar-refractivity contribution >= 4 is 17.5 Å². The number of anilines is 2. The fourth-order valence-electron chi connectivity index (χ4n) is 3.28. The van der Waals surface area contributed by atoms with E-state index in [9.17, 15) is 9.18 Å². The largest absolute Gasteiger partial charge is 0.459 e. The smallest absolute Gasteiger partial charge is 0.289 e. The fourth-order valence-corrected chi connectivity index (χ4v) is 3.28. The number of halogens is 1. The Hall–Kier alpha value is -3.22. The van der Waals surface area contributed by atoms with Crippen molar-refractivity contribution < 1.29 is 13.6 Å². The molecule has 0 bridgehead atoms. The molecule has 3 aromatic rings. The van der Waals surface area contributed by atoms with Crippen LogP contribution >= 0.6 is 0 Å². The molecule has 27 heavy (non-hydrogen) atoms. The number of hydrogen-bond acceptors (Lipinski definition) is 5. The molecule has 0 saturated carbocycles. The summed E-state index contributed by atoms with van der Waals surface area (Å²) in [5.41, 5.74) is 1.60. The Morgan fingerprint density at radius 1 is 1.22 bits per heavy atom. The summed E-state index contributed by atoms with van der Waals surface area (Å²) in [4.78, 5) is 23.2. The van der Waals surface area contributed by atoms with E-state index in [1.807, 2.05) is 11.0 Å². The second kappa shape index (κ2) is 7.57. The molecule has 1 aromatic carbocycles. The first-order chi connectivity index (χ1) is 13.2. The van der Waals surface area contributed by atoms with Crippen molar-refractivity contribution in [3.05, 3.63) is 72.2 Å². The first kappa shape index (κ1) is 17.2. The van der Waals surface area contributed by atoms with Crippen LogP contribution in [0.3, 0.4) is 0 Å². The van der Waals surface area contributed by atoms with E-state index in [0.29, 0.717) is 30.5 Å². The summed E-state index contributed by atoms with van der Waals surface area (Å²) >= 11 is 0. The Morgan fingerprint density at radius 3 is 2.85 bits per heavy atom. The van der Waals surface area contributed by atoms with Crippen LogP contribution in [-0.2, 0) is 0 Å². The number of nitrogens with one attached hydrogen (secondary N) is 1. The molecule has 6 nitrogen and oxygen atoms in total. The summed E-state index contributed by atoms with van der Waals surface area (Å²) in [5.74, 6) is 0.558. The molecule has 3 heterocycles. The molecule has 1 atom stereocenters. The van der Waals surface area contributed by atoms with Crippen LogP contribution in [0.1, 0.15) is 35.0 Å². The van der Waals surface area contributed by atoms with E-state index in [-0.39, 0.29) is 17.6 Å². The normalized spacial score (nSPS) is 16.9. The number of likely N-dealkylation sites (tertiary alicyclic amines) is 1. The maximum Gasteiger partial charge on any atom is 0.289 e. The second-order valence-corrected chi connectivity index (χ2v) is 6.50. The highest BCUT2D eigenvalue weighted by Crippen LogP contribution is 2.27. The van der Waals surface area contributed by atoms with Gasteiger partial charge in [-0.3, -0.25) is 4.79 Å². The van der Waals surface area contributed by atoms with Crippen LogP contribution in [-0.4, -0.2) is 33.9 Å². The molecule has 2 aromatic heterocycles. The van der Waals surface area contributed by atoms with E-state index in [2.05, 4.69) is 15.3 Å². The van der Waals surface area contributed by atoms with Gasteiger partial charge in [0.25, 0.3) is 5.91 Å². The number of aromatic nitrogens is 2. The third kappa shape index (κ3) is 3.97. The average Bonchev–Trinajstić information content (AvgIpc) is 3.24. The van der Waals surface area contributed by atoms with Crippen molar-refractivity contribution in [1.82, 2.24) is 14.9 Å². The number of carbonyl (C=O) groups excluding carboxylic acids is 1. The number of piperidine rings is 1. The number of benzene rings is 1. The zero-order valence-corrected chi connectivity index (χ0v) is 14.6. The summed E-state index contributed by atoms with van der Waals surface area (Å²) in [7, 11) is 0. The maximum absolute atomic E-state index is 13.0. The van der Waals surface area contributed by atoms with Gasteiger partial charge in [0, 0.05) is 30.9 Å². The summed E-state index contributed by atoms with van der Waals surface area (Å²) in [6, 6.07) is 11.3. The second-order valence-electron chi connectivity index (χ2n) is 6.50. The van der Waals surface area contributed by atoms with Crippen LogP contribution in [0, 0.1) is 5.82 Å². The highest BCUT2D eigenvalue weighted by Gasteiger charge is 2.27. The first-order valence-electron chi connectivity index (χ1n) is 8.87. The molecule has 138 valence electrons. The summed E-state index contributed by atoms with van der Waals surface area (Å²) in [6.07, 6.45) is 5.06. The quantitative estimate of drug-likeness (QED) is 0.756. The van der Waals surface area contributed by atoms with E-state index < -0.39 is 0 Å². The average molecular weight is 366 g/mol. The first-order valence-corrected chi connectivity index (χ1v) is 8.87. The topological polar surface area (TPSA) is 71.3 Å². The summed E-state index contributed by atoms with van der Waals surface area (Å²) in [5, 5.41) is 3.08. The number of furan rings is 1. The number of amides is 1. The Balaban J connectivity index is 1.47. The molecule has 1 saturated heterocycles. The molecule has 1 aliphatic heterocycles. The van der Waals surface area contributed by atoms with Crippen LogP contribution in [0.4, 0.5) is 16.0 Å². The Labute approximate surface area is 156 Å². The zero-order chi connectivity index (χ0) is 18.6. The van der Waals surface area contributed by atoms with Crippen molar-refractivity contribution in [2.75, 3.05) is 18.4 Å². The van der Waals surface area contributed by atoms with Crippen LogP contribution in [0.5, 0.6) is 0 Å². The van der Waals surface area contributed by atoms with Crippen molar-refractivity contribution in [3.63, 3.8) is 0 Å². The highest BCUT2D eigenvalue weighted by atomic mass is 19.1. The lowest BCUT2D eigenvalue weighted by atomic mass is 9.94. The van der Waals surface area contributed by atoms with Crippen molar-refractivity contribution in [2.24, 2.45) is 0 Å². The van der Waals surface area contributed by atoms with Gasteiger partial charge in [-0.1, -0.05) is 0 Å². The molecule has 0 aliphatic carbocycles. The third-order valence-electron chi connectivity index (χ3n) is 4.64. The van der Waals surface area contributed by atoms with Gasteiger partial charge in [-0.05, 0) is 55.3 Å². The molecule has 0 radical (unpaired) electrons. The lowest BCUT2D eigenvalue weighted by Crippen LogP contribution is -2.39. The molecule has 1 N–H and O–H groups in total. The predicted octanol–water partition coefficient (Wildman–Crippen LogP) is 3.97. The van der Waals surface area contributed by atoms with Gasteiger partial charge in [0.1, 0.15) is 5.82 Å². The van der Waals surface area contributed by atoms with E-state index in [1.54, 1.807) is 30.5 Å². The molecule has 1 aliphatic rings. The molecule has 0 spiro atoms. The number of nitrogens with zero attached hydrogens (tertiary/aromatic N) is 3. The molecule has 1 fully saturated rings. The van der Waals surface area contributed by atoms with Gasteiger partial charge in [-0.25, -0.2) is 14.4 Å². The monoisotopic (exact) mass is 366 g/mol. The van der Waals surface area contributed by atoms with E-state index in [0.717, 1.165) is 18.5 Å². The van der Waals surface area contributed by atoms with Crippen LogP contribution < -0.4 is 5.32 Å². The molecular weight excluding hydrogens is 347 g/mol. The van der Waals surface area contributed by atoms with Crippen LogP contribution in [0.15, 0.2) is 59.3 Å². The third-order valence-corrected chi connectivity index (χ3v) is 4.64. The van der Waals surface area contributed by atoms with Gasteiger partial charge in [0.2, 0.25) is 5.95 Å². The Kier molecular flexibility index (Phi) is 4.82. The lowest BCUT2D eigenvalue weighted by Gasteiger charge is -2.32. The minimum atomic E-state index is -0.293. The fraction of sp³-hybridized carbons (Fsp3) is 0.250. The number of rotatable bonds is 4. The van der Waals surface area contributed by atoms with Gasteiger partial charge in [0.05, 0.1) is 12.0 Å². The highest BCUT2D eigenvalue weighted by molar-refractivity contribution is 5.91. The van der Waals surface area contributed by atoms with E-state index in [4.69, 9.17) is 4.42 Å². The Morgan fingerprint density at radius 2 is 2.07 bits per heavy atom. The molecule has 0 unspecified atom stereocenters. The zero-order valence-electron chi connectivity index (χ0n) is 14.6. The standard InChI is InChI=1S/C20H19FN4O2/c21-15-5-7-16(8-6-15)23-20-22-10-9-17(24-20)14-3-1-11-25(13-14)19(26)18-4-2-12-27-18/h2,4-10,12,14H,1,3,11,13H2,(H,22,23,24)/t14-/m0/s1. The number of carbonyl (C=O) groups is 1. The Bertz CT molecular complexity index is 912. The summed E-state index contributed by atoms with van der Waals surface area (Å²) in [6.45, 7) is 1.30. The minimum Gasteiger partial charge on any atom is -0.459 e. The molecule has 4 rings (SSSR count). The molecule has 1 amide bonds. The van der Waals surface area contributed by atoms with Crippen LogP contribution in [0.2, 0.25) is 0 Å². The van der Waals surface area contributed by atoms with Gasteiger partial charge in [-0.2, -0.15) is 0 Å². The number of hydrogen-bond donors (Lipinski definition) is 1. The van der Waals surface area contributed by atoms with Crippen molar-refractivity contribution in [2.45, 2.75) is 18.8 Å². The van der Waals surface area contributed by atoms with Gasteiger partial charge in [-0.15, -0.1) is 0 Å². The maximum atomic E-state index is 13.0. The summed E-state index contributed by atoms with van der Waals surface area (Å²) < 4.78 is 18.3. The van der Waals surface area contributed by atoms with E-state index in [1.165, 1.54) is 18.4 Å². The van der Waals surface area contributed by atoms with Gasteiger partial charge < -0.3 is 14.6 Å².